The van der Waals surface area contributed by atoms with E-state index in [1.165, 1.54) is 0 Å². The molecule has 0 heterocycles. The largest absolute Gasteiger partial charge is 0.508 e. The molecule has 0 spiro atoms. The Labute approximate surface area is 125 Å². The van der Waals surface area contributed by atoms with Crippen LogP contribution >= 0.6 is 22.6 Å². The highest BCUT2D eigenvalue weighted by Crippen LogP contribution is 2.28. The summed E-state index contributed by atoms with van der Waals surface area (Å²) in [7, 11) is 0. The van der Waals surface area contributed by atoms with Gasteiger partial charge in [-0.1, -0.05) is 41.6 Å². The van der Waals surface area contributed by atoms with Crippen LogP contribution in [0.1, 0.15) is 20.3 Å². The van der Waals surface area contributed by atoms with Crippen molar-refractivity contribution in [3.63, 3.8) is 0 Å². The third-order valence-corrected chi connectivity index (χ3v) is 4.30. The first kappa shape index (κ1) is 14.1. The van der Waals surface area contributed by atoms with Gasteiger partial charge in [-0.15, -0.1) is 0 Å². The Morgan fingerprint density at radius 2 is 1.89 bits per heavy atom. The van der Waals surface area contributed by atoms with Crippen molar-refractivity contribution in [3.05, 3.63) is 36.4 Å². The summed E-state index contributed by atoms with van der Waals surface area (Å²) in [6.45, 7) is 3.81. The zero-order valence-electron chi connectivity index (χ0n) is 10.8. The molecule has 0 saturated carbocycles. The van der Waals surface area contributed by atoms with Crippen molar-refractivity contribution in [1.82, 2.24) is 0 Å². The van der Waals surface area contributed by atoms with Crippen LogP contribution in [0.2, 0.25) is 0 Å². The fourth-order valence-electron chi connectivity index (χ4n) is 1.63. The molecule has 0 aromatic heterocycles. The van der Waals surface area contributed by atoms with Gasteiger partial charge < -0.3 is 9.84 Å². The molecule has 1 unspecified atom stereocenters. The third kappa shape index (κ3) is 3.18. The molecule has 3 nitrogen and oxygen atoms in total. The number of benzene rings is 2. The van der Waals surface area contributed by atoms with Gasteiger partial charge in [0.15, 0.2) is 0 Å². The van der Waals surface area contributed by atoms with E-state index in [1.807, 2.05) is 19.9 Å². The van der Waals surface area contributed by atoms with Gasteiger partial charge >= 0.3 is 5.97 Å². The van der Waals surface area contributed by atoms with Crippen LogP contribution in [0.25, 0.3) is 10.8 Å². The number of hydrogen-bond acceptors (Lipinski definition) is 3. The van der Waals surface area contributed by atoms with Crippen LogP contribution in [-0.2, 0) is 4.79 Å². The molecule has 1 N–H and O–H groups in total. The summed E-state index contributed by atoms with van der Waals surface area (Å²) in [5, 5.41) is 11.2. The second-order valence-electron chi connectivity index (χ2n) is 4.63. The molecular weight excluding hydrogens is 355 g/mol. The van der Waals surface area contributed by atoms with Crippen molar-refractivity contribution in [2.75, 3.05) is 0 Å². The Bertz CT molecular complexity index is 620. The van der Waals surface area contributed by atoms with Crippen LogP contribution < -0.4 is 4.74 Å². The van der Waals surface area contributed by atoms with Crippen LogP contribution in [0.4, 0.5) is 0 Å². The van der Waals surface area contributed by atoms with E-state index in [4.69, 9.17) is 4.74 Å². The van der Waals surface area contributed by atoms with Crippen LogP contribution in [-0.4, -0.2) is 14.5 Å². The lowest BCUT2D eigenvalue weighted by atomic mass is 10.1. The van der Waals surface area contributed by atoms with Gasteiger partial charge in [0.25, 0.3) is 0 Å². The van der Waals surface area contributed by atoms with E-state index >= 15 is 0 Å². The monoisotopic (exact) mass is 370 g/mol. The van der Waals surface area contributed by atoms with Crippen LogP contribution in [0.3, 0.4) is 0 Å². The molecule has 0 radical (unpaired) electrons. The number of hydrogen-bond donors (Lipinski definition) is 1. The van der Waals surface area contributed by atoms with E-state index in [0.717, 1.165) is 10.8 Å². The van der Waals surface area contributed by atoms with Crippen molar-refractivity contribution >= 4 is 39.3 Å². The number of carbonyl (C=O) groups excluding carboxylic acids is 1. The molecule has 2 aromatic rings. The Morgan fingerprint density at radius 1 is 1.26 bits per heavy atom. The Morgan fingerprint density at radius 3 is 2.58 bits per heavy atom. The number of fused-ring (bicyclic) bond motifs is 1. The average molecular weight is 370 g/mol. The highest BCUT2D eigenvalue weighted by Gasteiger charge is 2.29. The topological polar surface area (TPSA) is 46.5 Å². The predicted octanol–water partition coefficient (Wildman–Crippen LogP) is 4.05. The number of ether oxygens (including phenoxy) is 1. The fourth-order valence-corrected chi connectivity index (χ4v) is 1.74. The van der Waals surface area contributed by atoms with E-state index < -0.39 is 3.42 Å². The quantitative estimate of drug-likeness (QED) is 0.384. The average Bonchev–Trinajstić information content (AvgIpc) is 2.38. The maximum Gasteiger partial charge on any atom is 0.327 e. The number of alkyl halides is 1. The summed E-state index contributed by atoms with van der Waals surface area (Å²) in [6, 6.07) is 10.5. The van der Waals surface area contributed by atoms with E-state index in [2.05, 4.69) is 22.6 Å². The lowest BCUT2D eigenvalue weighted by Crippen LogP contribution is -2.31. The van der Waals surface area contributed by atoms with Crippen molar-refractivity contribution in [2.45, 2.75) is 23.7 Å². The van der Waals surface area contributed by atoms with Gasteiger partial charge in [0.2, 0.25) is 0 Å². The number of phenolic OH excluding ortho intramolecular Hbond substituents is 1. The smallest absolute Gasteiger partial charge is 0.327 e. The molecular formula is C15H15IO3. The number of aromatic hydroxyl groups is 1. The zero-order chi connectivity index (χ0) is 14.0. The molecule has 0 aliphatic rings. The Balaban J connectivity index is 2.27. The number of rotatable bonds is 3. The predicted molar refractivity (Wildman–Crippen MR) is 84.0 cm³/mol. The number of carbonyl (C=O) groups is 1. The van der Waals surface area contributed by atoms with Crippen molar-refractivity contribution in [1.29, 1.82) is 0 Å². The van der Waals surface area contributed by atoms with Crippen molar-refractivity contribution < 1.29 is 14.6 Å². The third-order valence-electron chi connectivity index (χ3n) is 3.10. The molecule has 0 fully saturated rings. The normalized spacial score (nSPS) is 14.1. The maximum absolute atomic E-state index is 12.0. The highest BCUT2D eigenvalue weighted by atomic mass is 127. The Kier molecular flexibility index (Phi) is 3.99. The minimum atomic E-state index is -0.512. The second kappa shape index (κ2) is 5.36. The highest BCUT2D eigenvalue weighted by molar-refractivity contribution is 14.1. The fraction of sp³-hybridized carbons (Fsp3) is 0.267. The molecule has 1 atom stereocenters. The van der Waals surface area contributed by atoms with Gasteiger partial charge in [-0.2, -0.15) is 0 Å². The molecule has 100 valence electrons. The van der Waals surface area contributed by atoms with E-state index in [-0.39, 0.29) is 11.7 Å². The second-order valence-corrected chi connectivity index (χ2v) is 7.01. The van der Waals surface area contributed by atoms with E-state index in [9.17, 15) is 9.90 Å². The van der Waals surface area contributed by atoms with Crippen LogP contribution in [0, 0.1) is 0 Å². The SMILES string of the molecule is CCC(C)(I)C(=O)Oc1ccc2cc(O)ccc2c1. The minimum Gasteiger partial charge on any atom is -0.508 e. The molecule has 4 heteroatoms. The van der Waals surface area contributed by atoms with Gasteiger partial charge in [-0.05, 0) is 48.4 Å². The Hall–Kier alpha value is -1.30. The molecule has 0 amide bonds. The first-order chi connectivity index (χ1) is 8.92. The molecule has 2 aromatic carbocycles. The molecule has 0 aliphatic carbocycles. The van der Waals surface area contributed by atoms with E-state index in [0.29, 0.717) is 12.2 Å². The van der Waals surface area contributed by atoms with Gasteiger partial charge in [-0.3, -0.25) is 4.79 Å². The van der Waals surface area contributed by atoms with Crippen LogP contribution in [0.5, 0.6) is 11.5 Å². The summed E-state index contributed by atoms with van der Waals surface area (Å²) in [5.74, 6) is 0.510. The molecule has 2 rings (SSSR count). The van der Waals surface area contributed by atoms with Gasteiger partial charge in [-0.25, -0.2) is 0 Å². The summed E-state index contributed by atoms with van der Waals surface area (Å²) < 4.78 is 4.89. The standard InChI is InChI=1S/C15H15IO3/c1-3-15(2,16)14(18)19-13-7-5-10-8-12(17)6-4-11(10)9-13/h4-9,17H,3H2,1-2H3. The molecule has 0 bridgehead atoms. The molecule has 0 aliphatic heterocycles. The van der Waals surface area contributed by atoms with E-state index in [1.54, 1.807) is 30.3 Å². The summed E-state index contributed by atoms with van der Waals surface area (Å²) in [6.07, 6.45) is 0.716. The minimum absolute atomic E-state index is 0.225. The first-order valence-corrected chi connectivity index (χ1v) is 7.14. The first-order valence-electron chi connectivity index (χ1n) is 6.06. The number of esters is 1. The lowest BCUT2D eigenvalue weighted by molar-refractivity contribution is -0.136. The maximum atomic E-state index is 12.0. The van der Waals surface area contributed by atoms with Gasteiger partial charge in [0.1, 0.15) is 14.9 Å². The van der Waals surface area contributed by atoms with Gasteiger partial charge in [0.05, 0.1) is 0 Å². The lowest BCUT2D eigenvalue weighted by Gasteiger charge is -2.18. The molecule has 19 heavy (non-hydrogen) atoms. The summed E-state index contributed by atoms with van der Waals surface area (Å²) >= 11 is 2.11. The van der Waals surface area contributed by atoms with Crippen molar-refractivity contribution in [2.24, 2.45) is 0 Å². The van der Waals surface area contributed by atoms with Crippen molar-refractivity contribution in [3.8, 4) is 11.5 Å². The number of phenols is 1. The molecule has 0 saturated heterocycles. The van der Waals surface area contributed by atoms with Gasteiger partial charge in [0, 0.05) is 0 Å². The van der Waals surface area contributed by atoms with Crippen LogP contribution in [0.15, 0.2) is 36.4 Å². The summed E-state index contributed by atoms with van der Waals surface area (Å²) in [4.78, 5) is 12.0. The number of halogens is 1. The summed E-state index contributed by atoms with van der Waals surface area (Å²) in [5.41, 5.74) is 0. The zero-order valence-corrected chi connectivity index (χ0v) is 13.0.